The molecule has 0 aromatic heterocycles. The van der Waals surface area contributed by atoms with Crippen molar-refractivity contribution >= 4 is 39.5 Å². The molecule has 0 spiro atoms. The van der Waals surface area contributed by atoms with Gasteiger partial charge >= 0.3 is 39.5 Å². The molecule has 19 heteroatoms. The summed E-state index contributed by atoms with van der Waals surface area (Å²) in [6.45, 7) is 9.59. The zero-order valence-electron chi connectivity index (χ0n) is 62.7. The Balaban J connectivity index is 5.24. The molecular weight excluding hydrogens is 1260 g/mol. The third-order valence-electron chi connectivity index (χ3n) is 18.0. The Hall–Kier alpha value is -1.94. The largest absolute Gasteiger partial charge is 0.472 e. The molecule has 0 saturated carbocycles. The van der Waals surface area contributed by atoms with Crippen LogP contribution in [-0.2, 0) is 65.4 Å². The van der Waals surface area contributed by atoms with Crippen LogP contribution in [0.15, 0.2) is 0 Å². The number of hydrogen-bond donors (Lipinski definition) is 3. The third-order valence-corrected chi connectivity index (χ3v) is 19.9. The predicted molar refractivity (Wildman–Crippen MR) is 391 cm³/mol. The lowest BCUT2D eigenvalue weighted by atomic mass is 10.0. The van der Waals surface area contributed by atoms with Gasteiger partial charge in [0.05, 0.1) is 26.4 Å². The Morgan fingerprint density at radius 2 is 0.479 bits per heavy atom. The molecule has 3 N–H and O–H groups in total. The van der Waals surface area contributed by atoms with Crippen molar-refractivity contribution in [1.29, 1.82) is 0 Å². The van der Waals surface area contributed by atoms with Crippen molar-refractivity contribution in [2.45, 2.75) is 419 Å². The standard InChI is InChI=1S/C77H150O17P2/c1-7-9-11-13-15-17-19-20-21-22-23-24-27-31-37-43-49-55-61-76(81)93-72(66-88-75(80)60-54-48-42-36-30-28-25-26-29-33-39-45-51-57-69(3)4)67-91-95(83,84)89-63-71(78)64-90-96(85,86)92-68-73(65-87-74(79)59-53-47-41-35-18-16-14-12-10-8-2)94-77(82)62-56-50-44-38-32-34-40-46-52-58-70(5)6/h69-73,78H,7-68H2,1-6H3,(H,83,84)(H,85,86)/t71-,72-,73-/m1/s1. The maximum atomic E-state index is 13.1. The molecular formula is C77H150O17P2. The van der Waals surface area contributed by atoms with E-state index in [2.05, 4.69) is 41.5 Å². The van der Waals surface area contributed by atoms with Crippen LogP contribution >= 0.6 is 15.6 Å². The van der Waals surface area contributed by atoms with Gasteiger partial charge in [0, 0.05) is 25.7 Å². The van der Waals surface area contributed by atoms with E-state index >= 15 is 0 Å². The van der Waals surface area contributed by atoms with Gasteiger partial charge in [-0.3, -0.25) is 37.3 Å². The number of carbonyl (C=O) groups excluding carboxylic acids is 4. The lowest BCUT2D eigenvalue weighted by molar-refractivity contribution is -0.161. The van der Waals surface area contributed by atoms with E-state index in [9.17, 15) is 43.2 Å². The van der Waals surface area contributed by atoms with Crippen LogP contribution in [-0.4, -0.2) is 96.7 Å². The summed E-state index contributed by atoms with van der Waals surface area (Å²) in [6.07, 6.45) is 56.8. The van der Waals surface area contributed by atoms with E-state index in [0.717, 1.165) is 102 Å². The molecule has 0 radical (unpaired) electrons. The molecule has 0 fully saturated rings. The normalized spacial score (nSPS) is 14.0. The van der Waals surface area contributed by atoms with E-state index in [1.807, 2.05) is 0 Å². The molecule has 0 aliphatic heterocycles. The zero-order valence-corrected chi connectivity index (χ0v) is 64.5. The van der Waals surface area contributed by atoms with Gasteiger partial charge in [0.15, 0.2) is 12.2 Å². The van der Waals surface area contributed by atoms with Crippen LogP contribution in [0.25, 0.3) is 0 Å². The van der Waals surface area contributed by atoms with Gasteiger partial charge in [0.25, 0.3) is 0 Å². The lowest BCUT2D eigenvalue weighted by Crippen LogP contribution is -2.30. The summed E-state index contributed by atoms with van der Waals surface area (Å²) in [5.41, 5.74) is 0. The highest BCUT2D eigenvalue weighted by Crippen LogP contribution is 2.45. The van der Waals surface area contributed by atoms with Gasteiger partial charge in [0.2, 0.25) is 0 Å². The molecule has 96 heavy (non-hydrogen) atoms. The SMILES string of the molecule is CCCCCCCCCCCCCCCCCCCCC(=O)O[C@H](COC(=O)CCCCCCCCCCCCCCCC(C)C)COP(=O)(O)OC[C@@H](O)COP(=O)(O)OC[C@@H](COC(=O)CCCCCCCCCCCC)OC(=O)CCCCCCCCCCCC(C)C. The molecule has 0 heterocycles. The van der Waals surface area contributed by atoms with E-state index in [4.69, 9.17) is 37.0 Å². The highest BCUT2D eigenvalue weighted by atomic mass is 31.2. The molecule has 0 rings (SSSR count). The van der Waals surface area contributed by atoms with Crippen molar-refractivity contribution in [3.8, 4) is 0 Å². The molecule has 570 valence electrons. The third kappa shape index (κ3) is 70.5. The summed E-state index contributed by atoms with van der Waals surface area (Å²) >= 11 is 0. The number of esters is 4. The number of aliphatic hydroxyl groups excluding tert-OH is 1. The van der Waals surface area contributed by atoms with E-state index in [-0.39, 0.29) is 25.7 Å². The second-order valence-electron chi connectivity index (χ2n) is 28.7. The molecule has 0 amide bonds. The monoisotopic (exact) mass is 1410 g/mol. The maximum Gasteiger partial charge on any atom is 0.472 e. The number of carbonyl (C=O) groups is 4. The summed E-state index contributed by atoms with van der Waals surface area (Å²) in [6, 6.07) is 0. The number of hydrogen-bond acceptors (Lipinski definition) is 15. The number of ether oxygens (including phenoxy) is 4. The summed E-state index contributed by atoms with van der Waals surface area (Å²) in [5, 5.41) is 10.6. The summed E-state index contributed by atoms with van der Waals surface area (Å²) in [5.74, 6) is -0.586. The van der Waals surface area contributed by atoms with E-state index in [1.165, 1.54) is 218 Å². The Bertz CT molecular complexity index is 1860. The molecule has 0 saturated heterocycles. The first kappa shape index (κ1) is 94.1. The van der Waals surface area contributed by atoms with Crippen molar-refractivity contribution in [1.82, 2.24) is 0 Å². The molecule has 0 aromatic carbocycles. The highest BCUT2D eigenvalue weighted by Gasteiger charge is 2.30. The number of phosphoric ester groups is 2. The minimum absolute atomic E-state index is 0.106. The lowest BCUT2D eigenvalue weighted by Gasteiger charge is -2.21. The van der Waals surface area contributed by atoms with Gasteiger partial charge in [-0.05, 0) is 37.5 Å². The summed E-state index contributed by atoms with van der Waals surface area (Å²) in [7, 11) is -9.91. The maximum absolute atomic E-state index is 13.1. The highest BCUT2D eigenvalue weighted by molar-refractivity contribution is 7.47. The minimum Gasteiger partial charge on any atom is -0.462 e. The fourth-order valence-corrected chi connectivity index (χ4v) is 13.4. The molecule has 0 aliphatic carbocycles. The van der Waals surface area contributed by atoms with Gasteiger partial charge in [-0.15, -0.1) is 0 Å². The number of unbranched alkanes of at least 4 members (excludes halogenated alkanes) is 46. The van der Waals surface area contributed by atoms with Crippen molar-refractivity contribution < 1.29 is 80.2 Å². The molecule has 5 atom stereocenters. The van der Waals surface area contributed by atoms with Crippen molar-refractivity contribution in [3.63, 3.8) is 0 Å². The second kappa shape index (κ2) is 68.8. The van der Waals surface area contributed by atoms with Crippen molar-refractivity contribution in [2.75, 3.05) is 39.6 Å². The zero-order chi connectivity index (χ0) is 70.7. The molecule has 0 bridgehead atoms. The van der Waals surface area contributed by atoms with Crippen LogP contribution in [0, 0.1) is 11.8 Å². The van der Waals surface area contributed by atoms with Gasteiger partial charge in [-0.1, -0.05) is 350 Å². The fraction of sp³-hybridized carbons (Fsp3) is 0.948. The average molecular weight is 1410 g/mol. The quantitative estimate of drug-likeness (QED) is 0.0222. The first-order valence-corrected chi connectivity index (χ1v) is 43.0. The smallest absolute Gasteiger partial charge is 0.462 e. The predicted octanol–water partition coefficient (Wildman–Crippen LogP) is 22.7. The van der Waals surface area contributed by atoms with Crippen molar-refractivity contribution in [3.05, 3.63) is 0 Å². The van der Waals surface area contributed by atoms with Gasteiger partial charge in [0.1, 0.15) is 19.3 Å². The number of rotatable bonds is 76. The van der Waals surface area contributed by atoms with E-state index in [0.29, 0.717) is 25.7 Å². The number of phosphoric acid groups is 2. The first-order chi connectivity index (χ1) is 46.4. The Morgan fingerprint density at radius 1 is 0.281 bits per heavy atom. The van der Waals surface area contributed by atoms with Gasteiger partial charge in [-0.2, -0.15) is 0 Å². The van der Waals surface area contributed by atoms with Gasteiger partial charge < -0.3 is 33.8 Å². The van der Waals surface area contributed by atoms with Crippen LogP contribution in [0.1, 0.15) is 401 Å². The van der Waals surface area contributed by atoms with Crippen molar-refractivity contribution in [2.24, 2.45) is 11.8 Å². The number of aliphatic hydroxyl groups is 1. The fourth-order valence-electron chi connectivity index (χ4n) is 11.8. The second-order valence-corrected chi connectivity index (χ2v) is 31.6. The first-order valence-electron chi connectivity index (χ1n) is 40.0. The van der Waals surface area contributed by atoms with Crippen LogP contribution in [0.2, 0.25) is 0 Å². The summed E-state index contributed by atoms with van der Waals surface area (Å²) in [4.78, 5) is 72.8. The Kier molecular flexibility index (Phi) is 67.4. The van der Waals surface area contributed by atoms with Gasteiger partial charge in [-0.25, -0.2) is 9.13 Å². The molecule has 0 aromatic rings. The molecule has 0 aliphatic rings. The van der Waals surface area contributed by atoms with E-state index in [1.54, 1.807) is 0 Å². The van der Waals surface area contributed by atoms with Crippen LogP contribution in [0.3, 0.4) is 0 Å². The molecule has 17 nitrogen and oxygen atoms in total. The van der Waals surface area contributed by atoms with E-state index < -0.39 is 97.5 Å². The summed E-state index contributed by atoms with van der Waals surface area (Å²) < 4.78 is 68.6. The molecule has 2 unspecified atom stereocenters. The topological polar surface area (TPSA) is 237 Å². The Morgan fingerprint density at radius 3 is 0.708 bits per heavy atom. The minimum atomic E-state index is -4.96. The van der Waals surface area contributed by atoms with Crippen LogP contribution in [0.4, 0.5) is 0 Å². The Labute approximate surface area is 588 Å². The van der Waals surface area contributed by atoms with Crippen LogP contribution in [0.5, 0.6) is 0 Å². The van der Waals surface area contributed by atoms with Crippen LogP contribution < -0.4 is 0 Å². The average Bonchev–Trinajstić information content (AvgIpc) is 1.29.